The van der Waals surface area contributed by atoms with Crippen molar-refractivity contribution in [3.8, 4) is 0 Å². The second-order valence-electron chi connectivity index (χ2n) is 6.18. The third-order valence-electron chi connectivity index (χ3n) is 4.95. The molecule has 2 saturated carbocycles. The van der Waals surface area contributed by atoms with Gasteiger partial charge >= 0.3 is 116 Å². The molecule has 0 aromatic carbocycles. The zero-order chi connectivity index (χ0) is 12.1. The Morgan fingerprint density at radius 3 is 1.78 bits per heavy atom. The molecule has 2 fully saturated rings. The third-order valence-corrected chi connectivity index (χ3v) is 6.34. The number of Topliss-reactive ketones (excluding diaryl/α,β-unsaturated/α-hetero) is 1. The van der Waals surface area contributed by atoms with Crippen molar-refractivity contribution in [2.75, 3.05) is 0 Å². The van der Waals surface area contributed by atoms with Gasteiger partial charge in [-0.3, -0.25) is 0 Å². The van der Waals surface area contributed by atoms with Gasteiger partial charge in [-0.2, -0.15) is 0 Å². The maximum atomic E-state index is 11.2. The van der Waals surface area contributed by atoms with E-state index in [4.69, 9.17) is 0 Å². The maximum absolute atomic E-state index is 11.2. The number of carbonyl (C=O) groups excluding carboxylic acids is 1. The first kappa shape index (κ1) is 17.8. The summed E-state index contributed by atoms with van der Waals surface area (Å²) in [6, 6.07) is 0. The van der Waals surface area contributed by atoms with Gasteiger partial charge in [0, 0.05) is 45.0 Å². The smallest absolute Gasteiger partial charge is 0 e. The van der Waals surface area contributed by atoms with Crippen molar-refractivity contribution < 1.29 is 49.8 Å². The molecule has 0 atom stereocenters. The fourth-order valence-electron chi connectivity index (χ4n) is 3.52. The summed E-state index contributed by atoms with van der Waals surface area (Å²) in [6.07, 6.45) is 12.9. The Morgan fingerprint density at radius 2 is 1.28 bits per heavy atom. The molecule has 0 aromatic rings. The fraction of sp³-hybridized carbons (Fsp3) is 0.933. The summed E-state index contributed by atoms with van der Waals surface area (Å²) in [4.78, 5) is 12.6. The number of hydrogen-bond donors (Lipinski definition) is 0. The molecule has 3 heteroatoms. The number of carbonyl (C=O) groups is 1. The zero-order valence-electron chi connectivity index (χ0n) is 11.7. The minimum Gasteiger partial charge on any atom is 0 e. The molecule has 0 aliphatic heterocycles. The average Bonchev–Trinajstić information content (AvgIpc) is 2.39. The van der Waals surface area contributed by atoms with Gasteiger partial charge in [-0.25, -0.2) is 0 Å². The molecular weight excluding hydrogens is 492 g/mol. The second kappa shape index (κ2) is 9.66. The Bertz CT molecular complexity index is 239. The molecule has 0 unspecified atom stereocenters. The Labute approximate surface area is 159 Å². The predicted molar refractivity (Wildman–Crippen MR) is 72.2 cm³/mol. The summed E-state index contributed by atoms with van der Waals surface area (Å²) in [7, 11) is 0. The van der Waals surface area contributed by atoms with Crippen LogP contribution in [0, 0.1) is 62.8 Å². The Hall–Kier alpha value is 1.77. The van der Waals surface area contributed by atoms with Gasteiger partial charge < -0.3 is 0 Å². The Balaban J connectivity index is 0.00000162. The van der Waals surface area contributed by atoms with Gasteiger partial charge in [-0.05, 0) is 0 Å². The van der Waals surface area contributed by atoms with Gasteiger partial charge in [-0.15, -0.1) is 0 Å². The summed E-state index contributed by atoms with van der Waals surface area (Å²) in [5.74, 6) is 3.45. The van der Waals surface area contributed by atoms with Crippen LogP contribution in [0.1, 0.15) is 64.2 Å². The van der Waals surface area contributed by atoms with Gasteiger partial charge in [0.15, 0.2) is 0 Å². The molecule has 2 aliphatic rings. The van der Waals surface area contributed by atoms with Crippen LogP contribution < -0.4 is 0 Å². The molecule has 4 radical (unpaired) electrons. The van der Waals surface area contributed by atoms with Crippen LogP contribution in [0.5, 0.6) is 0 Å². The molecule has 0 N–H and O–H groups in total. The second-order valence-corrected chi connectivity index (χ2v) is 7.17. The van der Waals surface area contributed by atoms with Crippen LogP contribution in [-0.2, 0) is 4.79 Å². The van der Waals surface area contributed by atoms with E-state index in [0.29, 0.717) is 5.78 Å². The van der Waals surface area contributed by atoms with Crippen LogP contribution in [0.2, 0.25) is 4.98 Å². The minimum atomic E-state index is 0. The van der Waals surface area contributed by atoms with Crippen molar-refractivity contribution in [3.05, 3.63) is 0 Å². The molecule has 96 valence electrons. The van der Waals surface area contributed by atoms with Crippen LogP contribution in [-0.4, -0.2) is 24.4 Å². The molecule has 0 aromatic heterocycles. The number of rotatable bonds is 4. The van der Waals surface area contributed by atoms with Crippen LogP contribution >= 0.6 is 0 Å². The van der Waals surface area contributed by atoms with E-state index in [2.05, 4.69) is 0 Å². The van der Waals surface area contributed by atoms with Crippen molar-refractivity contribution in [3.63, 3.8) is 0 Å². The minimum absolute atomic E-state index is 0. The maximum Gasteiger partial charge on any atom is 0 e. The van der Waals surface area contributed by atoms with Gasteiger partial charge in [-0.1, -0.05) is 0 Å². The zero-order valence-corrected chi connectivity index (χ0v) is 19.9. The SMILES string of the molecule is O=C1CCC(CCC2CCC([CH2][Ga])CC2)CC1.[Ra]. The number of ketones is 1. The average molecular weight is 517 g/mol. The van der Waals surface area contributed by atoms with Crippen LogP contribution in [0.15, 0.2) is 0 Å². The van der Waals surface area contributed by atoms with E-state index in [1.165, 1.54) is 56.3 Å². The van der Waals surface area contributed by atoms with Gasteiger partial charge in [0.05, 0.1) is 0 Å². The standard InChI is InChI=1S/C15H25O.Ga.Ra/c1-12-2-4-13(5-3-12)6-7-14-8-10-15(16)11-9-14;;/h12-14H,1-11H2;;. The van der Waals surface area contributed by atoms with Crippen LogP contribution in [0.4, 0.5) is 0 Å². The molecule has 0 saturated heterocycles. The normalized spacial score (nSPS) is 29.9. The largest absolute Gasteiger partial charge is 0 e. The molecule has 0 amide bonds. The Kier molecular flexibility index (Phi) is 9.57. The summed E-state index contributed by atoms with van der Waals surface area (Å²) >= 11 is 1.91. The number of hydrogen-bond acceptors (Lipinski definition) is 1. The first-order chi connectivity index (χ1) is 8.28. The van der Waals surface area contributed by atoms with Crippen molar-refractivity contribution in [1.29, 1.82) is 0 Å². The third kappa shape index (κ3) is 6.04. The topological polar surface area (TPSA) is 17.1 Å². The summed E-state index contributed by atoms with van der Waals surface area (Å²) in [5, 5.41) is 0. The summed E-state index contributed by atoms with van der Waals surface area (Å²) in [5.41, 5.74) is 0. The van der Waals surface area contributed by atoms with E-state index in [-0.39, 0.29) is 45.0 Å². The quantitative estimate of drug-likeness (QED) is 0.518. The van der Waals surface area contributed by atoms with Crippen molar-refractivity contribution in [2.45, 2.75) is 69.2 Å². The van der Waals surface area contributed by atoms with E-state index < -0.39 is 0 Å². The van der Waals surface area contributed by atoms with Crippen LogP contribution in [0.25, 0.3) is 0 Å². The Morgan fingerprint density at radius 1 is 0.833 bits per heavy atom. The first-order valence-corrected chi connectivity index (χ1v) is 9.21. The van der Waals surface area contributed by atoms with Crippen molar-refractivity contribution in [1.82, 2.24) is 0 Å². The van der Waals surface area contributed by atoms with Crippen molar-refractivity contribution in [2.24, 2.45) is 17.8 Å². The van der Waals surface area contributed by atoms with Crippen LogP contribution in [0.3, 0.4) is 0 Å². The molecule has 0 heterocycles. The van der Waals surface area contributed by atoms with Gasteiger partial charge in [0.2, 0.25) is 0 Å². The summed E-state index contributed by atoms with van der Waals surface area (Å²) in [6.45, 7) is 0. The van der Waals surface area contributed by atoms with E-state index in [1.54, 1.807) is 0 Å². The molecule has 18 heavy (non-hydrogen) atoms. The van der Waals surface area contributed by atoms with E-state index in [1.807, 2.05) is 18.6 Å². The van der Waals surface area contributed by atoms with Crippen molar-refractivity contribution >= 4 is 24.4 Å². The fourth-order valence-corrected chi connectivity index (χ4v) is 4.50. The summed E-state index contributed by atoms with van der Waals surface area (Å²) < 4.78 is 0. The van der Waals surface area contributed by atoms with E-state index >= 15 is 0 Å². The predicted octanol–water partition coefficient (Wildman–Crippen LogP) is 3.92. The van der Waals surface area contributed by atoms with Gasteiger partial charge in [0.25, 0.3) is 0 Å². The molecule has 2 rings (SSSR count). The van der Waals surface area contributed by atoms with E-state index in [9.17, 15) is 4.79 Å². The molecule has 1 nitrogen and oxygen atoms in total. The molecule has 0 bridgehead atoms. The molecule has 2 aliphatic carbocycles. The first-order valence-electron chi connectivity index (χ1n) is 7.49. The molecule has 0 spiro atoms. The van der Waals surface area contributed by atoms with Gasteiger partial charge in [0.1, 0.15) is 0 Å². The monoisotopic (exact) mass is 516 g/mol. The molecular formula is C15H25GaORa. The van der Waals surface area contributed by atoms with E-state index in [0.717, 1.165) is 30.6 Å².